The molecule has 0 amide bonds. The Morgan fingerprint density at radius 2 is 2.04 bits per heavy atom. The molecule has 0 N–H and O–H groups in total. The van der Waals surface area contributed by atoms with Gasteiger partial charge >= 0.3 is 5.97 Å². The normalized spacial score (nSPS) is 13.0. The number of carbonyl (C=O) groups excluding carboxylic acids is 1. The molecule has 0 bridgehead atoms. The summed E-state index contributed by atoms with van der Waals surface area (Å²) in [6.45, 7) is -0.0462. The molecule has 27 heavy (non-hydrogen) atoms. The lowest BCUT2D eigenvalue weighted by atomic mass is 9.96. The highest BCUT2D eigenvalue weighted by atomic mass is 16.6. The summed E-state index contributed by atoms with van der Waals surface area (Å²) >= 11 is 0. The zero-order chi connectivity index (χ0) is 18.6. The molecule has 4 rings (SSSR count). The molecule has 136 valence electrons. The first kappa shape index (κ1) is 17.2. The molecule has 5 nitrogen and oxygen atoms in total. The Labute approximate surface area is 157 Å². The maximum Gasteiger partial charge on any atom is 0.344 e. The SMILES string of the molecule is N#Cc1cccc(COC(=O)COc2ccc3oc4c(c3c2)CCCC4)c1. The van der Waals surface area contributed by atoms with Crippen LogP contribution >= 0.6 is 0 Å². The maximum absolute atomic E-state index is 12.0. The summed E-state index contributed by atoms with van der Waals surface area (Å²) in [4.78, 5) is 12.0. The lowest BCUT2D eigenvalue weighted by Gasteiger charge is -2.09. The molecule has 1 aliphatic carbocycles. The van der Waals surface area contributed by atoms with Gasteiger partial charge in [0.15, 0.2) is 6.61 Å². The number of nitrogens with zero attached hydrogens (tertiary/aromatic N) is 1. The van der Waals surface area contributed by atoms with E-state index in [4.69, 9.17) is 19.2 Å². The first-order valence-electron chi connectivity index (χ1n) is 9.05. The number of nitriles is 1. The van der Waals surface area contributed by atoms with E-state index in [9.17, 15) is 4.79 Å². The van der Waals surface area contributed by atoms with Crippen LogP contribution in [0, 0.1) is 11.3 Å². The summed E-state index contributed by atoms with van der Waals surface area (Å²) in [5.41, 5.74) is 3.45. The molecule has 0 radical (unpaired) electrons. The van der Waals surface area contributed by atoms with Crippen LogP contribution in [0.3, 0.4) is 0 Å². The van der Waals surface area contributed by atoms with E-state index >= 15 is 0 Å². The van der Waals surface area contributed by atoms with Crippen LogP contribution in [0.4, 0.5) is 0 Å². The zero-order valence-electron chi connectivity index (χ0n) is 14.9. The summed E-state index contributed by atoms with van der Waals surface area (Å²) in [5, 5.41) is 9.97. The van der Waals surface area contributed by atoms with Gasteiger partial charge in [-0.2, -0.15) is 5.26 Å². The van der Waals surface area contributed by atoms with Gasteiger partial charge in [-0.25, -0.2) is 4.79 Å². The summed E-state index contributed by atoms with van der Waals surface area (Å²) in [5.74, 6) is 1.25. The average molecular weight is 361 g/mol. The Morgan fingerprint density at radius 3 is 2.93 bits per heavy atom. The molecule has 0 atom stereocenters. The second-order valence-electron chi connectivity index (χ2n) is 6.63. The zero-order valence-corrected chi connectivity index (χ0v) is 14.9. The number of benzene rings is 2. The first-order valence-corrected chi connectivity index (χ1v) is 9.05. The molecule has 1 aliphatic rings. The number of rotatable bonds is 5. The van der Waals surface area contributed by atoms with Crippen LogP contribution in [0.2, 0.25) is 0 Å². The van der Waals surface area contributed by atoms with Gasteiger partial charge in [-0.1, -0.05) is 12.1 Å². The molecule has 1 heterocycles. The standard InChI is InChI=1S/C22H19NO4/c23-12-15-4-3-5-16(10-15)13-26-22(24)14-25-17-8-9-21-19(11-17)18-6-1-2-7-20(18)27-21/h3-5,8-11H,1-2,6-7,13-14H2. The predicted molar refractivity (Wildman–Crippen MR) is 99.3 cm³/mol. The number of fused-ring (bicyclic) bond motifs is 3. The van der Waals surface area contributed by atoms with Crippen molar-refractivity contribution >= 4 is 16.9 Å². The van der Waals surface area contributed by atoms with E-state index in [2.05, 4.69) is 6.07 Å². The van der Waals surface area contributed by atoms with Crippen molar-refractivity contribution in [3.05, 3.63) is 64.9 Å². The highest BCUT2D eigenvalue weighted by Gasteiger charge is 2.18. The van der Waals surface area contributed by atoms with Crippen LogP contribution in [0.1, 0.15) is 35.3 Å². The van der Waals surface area contributed by atoms with E-state index in [1.54, 1.807) is 24.3 Å². The summed E-state index contributed by atoms with van der Waals surface area (Å²) < 4.78 is 16.7. The smallest absolute Gasteiger partial charge is 0.344 e. The summed E-state index contributed by atoms with van der Waals surface area (Å²) in [6, 6.07) is 14.7. The van der Waals surface area contributed by atoms with E-state index in [0.717, 1.165) is 35.1 Å². The van der Waals surface area contributed by atoms with E-state index in [1.165, 1.54) is 18.4 Å². The second-order valence-corrected chi connectivity index (χ2v) is 6.63. The minimum Gasteiger partial charge on any atom is -0.482 e. The fraction of sp³-hybridized carbons (Fsp3) is 0.273. The van der Waals surface area contributed by atoms with Crippen molar-refractivity contribution in [3.63, 3.8) is 0 Å². The fourth-order valence-corrected chi connectivity index (χ4v) is 3.41. The van der Waals surface area contributed by atoms with Crippen molar-refractivity contribution in [1.29, 1.82) is 5.26 Å². The Hall–Kier alpha value is -3.26. The third-order valence-electron chi connectivity index (χ3n) is 4.74. The van der Waals surface area contributed by atoms with Crippen LogP contribution in [0.5, 0.6) is 5.75 Å². The van der Waals surface area contributed by atoms with Gasteiger partial charge in [0.25, 0.3) is 0 Å². The quantitative estimate of drug-likeness (QED) is 0.633. The molecule has 3 aromatic rings. The molecule has 0 saturated heterocycles. The van der Waals surface area contributed by atoms with Gasteiger partial charge in [0.2, 0.25) is 0 Å². The number of ether oxygens (including phenoxy) is 2. The van der Waals surface area contributed by atoms with Crippen molar-refractivity contribution in [1.82, 2.24) is 0 Å². The highest BCUT2D eigenvalue weighted by molar-refractivity contribution is 5.84. The largest absolute Gasteiger partial charge is 0.482 e. The fourth-order valence-electron chi connectivity index (χ4n) is 3.41. The number of esters is 1. The third kappa shape index (κ3) is 3.80. The molecule has 1 aromatic heterocycles. The van der Waals surface area contributed by atoms with Crippen LogP contribution in [-0.2, 0) is 29.0 Å². The van der Waals surface area contributed by atoms with Crippen LogP contribution < -0.4 is 4.74 Å². The van der Waals surface area contributed by atoms with Crippen molar-refractivity contribution in [3.8, 4) is 11.8 Å². The number of hydrogen-bond acceptors (Lipinski definition) is 5. The summed E-state index contributed by atoms with van der Waals surface area (Å²) in [7, 11) is 0. The number of hydrogen-bond donors (Lipinski definition) is 0. The van der Waals surface area contributed by atoms with Crippen molar-refractivity contribution in [2.24, 2.45) is 0 Å². The lowest BCUT2D eigenvalue weighted by Crippen LogP contribution is -2.14. The minimum atomic E-state index is -0.452. The first-order chi connectivity index (χ1) is 13.2. The van der Waals surface area contributed by atoms with Crippen LogP contribution in [0.15, 0.2) is 46.9 Å². The van der Waals surface area contributed by atoms with Crippen LogP contribution in [-0.4, -0.2) is 12.6 Å². The molecule has 2 aromatic carbocycles. The lowest BCUT2D eigenvalue weighted by molar-refractivity contribution is -0.147. The van der Waals surface area contributed by atoms with Gasteiger partial charge in [-0.15, -0.1) is 0 Å². The molecule has 0 unspecified atom stereocenters. The Bertz CT molecular complexity index is 1030. The van der Waals surface area contributed by atoms with Crippen molar-refractivity contribution in [2.45, 2.75) is 32.3 Å². The monoisotopic (exact) mass is 361 g/mol. The molecule has 0 spiro atoms. The Balaban J connectivity index is 1.36. The van der Waals surface area contributed by atoms with Crippen molar-refractivity contribution in [2.75, 3.05) is 6.61 Å². The number of aryl methyl sites for hydroxylation is 2. The van der Waals surface area contributed by atoms with Crippen LogP contribution in [0.25, 0.3) is 11.0 Å². The van der Waals surface area contributed by atoms with E-state index < -0.39 is 5.97 Å². The number of carbonyl (C=O) groups is 1. The highest BCUT2D eigenvalue weighted by Crippen LogP contribution is 2.33. The average Bonchev–Trinajstić information content (AvgIpc) is 3.09. The van der Waals surface area contributed by atoms with Gasteiger partial charge in [0, 0.05) is 17.4 Å². The molecule has 5 heteroatoms. The van der Waals surface area contributed by atoms with E-state index in [1.807, 2.05) is 18.2 Å². The van der Waals surface area contributed by atoms with Gasteiger partial charge in [0.05, 0.1) is 11.6 Å². The van der Waals surface area contributed by atoms with Gasteiger partial charge in [-0.3, -0.25) is 0 Å². The van der Waals surface area contributed by atoms with Gasteiger partial charge in [0.1, 0.15) is 23.7 Å². The topological polar surface area (TPSA) is 72.5 Å². The molecule has 0 aliphatic heterocycles. The molecule has 0 fully saturated rings. The maximum atomic E-state index is 12.0. The van der Waals surface area contributed by atoms with E-state index in [0.29, 0.717) is 11.3 Å². The predicted octanol–water partition coefficient (Wildman–Crippen LogP) is 4.31. The Morgan fingerprint density at radius 1 is 1.15 bits per heavy atom. The second kappa shape index (κ2) is 7.55. The molecular weight excluding hydrogens is 342 g/mol. The number of furan rings is 1. The van der Waals surface area contributed by atoms with Gasteiger partial charge < -0.3 is 13.9 Å². The van der Waals surface area contributed by atoms with Gasteiger partial charge in [-0.05, 0) is 55.2 Å². The minimum absolute atomic E-state index is 0.117. The summed E-state index contributed by atoms with van der Waals surface area (Å²) in [6.07, 6.45) is 4.35. The molecule has 0 saturated carbocycles. The molecular formula is C22H19NO4. The Kier molecular flexibility index (Phi) is 4.80. The third-order valence-corrected chi connectivity index (χ3v) is 4.74. The van der Waals surface area contributed by atoms with E-state index in [-0.39, 0.29) is 13.2 Å². The van der Waals surface area contributed by atoms with Crippen molar-refractivity contribution < 1.29 is 18.7 Å².